The fourth-order valence-corrected chi connectivity index (χ4v) is 9.81. The highest BCUT2D eigenvalue weighted by atomic mass is 32.1. The van der Waals surface area contributed by atoms with Gasteiger partial charge in [-0.1, -0.05) is 50.2 Å². The Morgan fingerprint density at radius 3 is 2.40 bits per heavy atom. The summed E-state index contributed by atoms with van der Waals surface area (Å²) in [6.07, 6.45) is 2.17. The first kappa shape index (κ1) is 51.8. The van der Waals surface area contributed by atoms with E-state index in [0.29, 0.717) is 69.2 Å². The number of benzene rings is 2. The highest BCUT2D eigenvalue weighted by molar-refractivity contribution is 7.10. The number of nitrogens with zero attached hydrogens (tertiary/aromatic N) is 6. The van der Waals surface area contributed by atoms with Crippen molar-refractivity contribution in [1.29, 1.82) is 0 Å². The summed E-state index contributed by atoms with van der Waals surface area (Å²) >= 11 is 1.38. The number of ether oxygens (including phenoxy) is 4. The second kappa shape index (κ2) is 22.3. The summed E-state index contributed by atoms with van der Waals surface area (Å²) in [4.78, 5) is 66.8. The van der Waals surface area contributed by atoms with Crippen LogP contribution in [0.25, 0.3) is 33.4 Å². The van der Waals surface area contributed by atoms with Gasteiger partial charge in [0.1, 0.15) is 24.3 Å². The molecule has 0 saturated carbocycles. The predicted molar refractivity (Wildman–Crippen MR) is 269 cm³/mol. The molecule has 0 bridgehead atoms. The van der Waals surface area contributed by atoms with E-state index >= 15 is 0 Å². The Hall–Kier alpha value is -6.08. The average molecular weight is 981 g/mol. The minimum Gasteiger partial charge on any atom is -0.468 e. The van der Waals surface area contributed by atoms with Crippen LogP contribution in [0.3, 0.4) is 0 Å². The first-order valence-electron chi connectivity index (χ1n) is 24.0. The number of methoxy groups -OCH3 is 2. The minimum absolute atomic E-state index is 0.0361. The van der Waals surface area contributed by atoms with Crippen molar-refractivity contribution in [3.63, 3.8) is 0 Å². The number of hydrazine groups is 1. The van der Waals surface area contributed by atoms with Crippen molar-refractivity contribution in [1.82, 2.24) is 35.2 Å². The minimum atomic E-state index is -1.05. The van der Waals surface area contributed by atoms with Crippen molar-refractivity contribution in [2.24, 2.45) is 5.41 Å². The number of nitrogens with one attached hydrogen (secondary N) is 2. The number of aryl methyl sites for hydroxylation is 1. The van der Waals surface area contributed by atoms with Crippen LogP contribution < -0.4 is 15.6 Å². The van der Waals surface area contributed by atoms with Crippen molar-refractivity contribution < 1.29 is 43.2 Å². The molecule has 2 unspecified atom stereocenters. The van der Waals surface area contributed by atoms with Crippen LogP contribution in [0.5, 0.6) is 0 Å². The molecule has 70 heavy (non-hydrogen) atoms. The van der Waals surface area contributed by atoms with Crippen LogP contribution in [0.4, 0.5) is 15.3 Å². The van der Waals surface area contributed by atoms with Gasteiger partial charge in [-0.3, -0.25) is 19.6 Å². The fraction of sp³-hybridized carbons (Fsp3) is 0.500. The number of pyridine rings is 1. The molecule has 0 spiro atoms. The number of hydrogen-bond donors (Lipinski definition) is 3. The zero-order valence-electron chi connectivity index (χ0n) is 41.9. The molecule has 2 aliphatic rings. The Kier molecular flexibility index (Phi) is 16.5. The monoisotopic (exact) mass is 980 g/mol. The zero-order valence-corrected chi connectivity index (χ0v) is 42.7. The Balaban J connectivity index is 1.21. The molecule has 5 aromatic rings. The quantitative estimate of drug-likeness (QED) is 0.0646. The lowest BCUT2D eigenvalue weighted by Gasteiger charge is -2.35. The lowest BCUT2D eigenvalue weighted by atomic mass is 9.84. The van der Waals surface area contributed by atoms with Crippen molar-refractivity contribution in [2.45, 2.75) is 111 Å². The Labute approximate surface area is 414 Å². The van der Waals surface area contributed by atoms with E-state index in [1.807, 2.05) is 54.9 Å². The Bertz CT molecular complexity index is 2640. The average Bonchev–Trinajstić information content (AvgIpc) is 3.95. The lowest BCUT2D eigenvalue weighted by molar-refractivity contribution is -0.150. The number of anilines is 1. The summed E-state index contributed by atoms with van der Waals surface area (Å²) in [6, 6.07) is 16.4. The number of carbonyl (C=O) groups is 4. The van der Waals surface area contributed by atoms with Crippen LogP contribution in [0, 0.1) is 5.41 Å². The maximum Gasteiger partial charge on any atom is 0.410 e. The number of aliphatic hydroxyl groups excluding tert-OH is 1. The largest absolute Gasteiger partial charge is 0.468 e. The van der Waals surface area contributed by atoms with Gasteiger partial charge in [0.25, 0.3) is 5.91 Å². The van der Waals surface area contributed by atoms with E-state index in [2.05, 4.69) is 59.2 Å². The van der Waals surface area contributed by atoms with Gasteiger partial charge in [-0.05, 0) is 88.6 Å². The summed E-state index contributed by atoms with van der Waals surface area (Å²) in [5, 5.41) is 18.4. The molecular weight excluding hydrogens is 913 g/mol. The molecule has 2 aliphatic heterocycles. The van der Waals surface area contributed by atoms with Crippen LogP contribution in [-0.4, -0.2) is 125 Å². The van der Waals surface area contributed by atoms with Crippen LogP contribution in [0.2, 0.25) is 0 Å². The number of thiazole rings is 1. The number of rotatable bonds is 16. The third-order valence-corrected chi connectivity index (χ3v) is 13.6. The molecule has 0 radical (unpaired) electrons. The van der Waals surface area contributed by atoms with Crippen molar-refractivity contribution in [3.8, 4) is 22.5 Å². The summed E-state index contributed by atoms with van der Waals surface area (Å²) < 4.78 is 24.4. The summed E-state index contributed by atoms with van der Waals surface area (Å²) in [6.45, 7) is 16.8. The number of alkyl carbamates (subject to hydrolysis) is 1. The van der Waals surface area contributed by atoms with E-state index in [1.54, 1.807) is 32.8 Å². The fourth-order valence-electron chi connectivity index (χ4n) is 8.96. The standard InChI is InChI=1S/C52H68N8O9S/c1-10-59-43-19-18-35(42-31-70-44(54-42)27-41(55-49(64)69-51(3,4)5)47(62)60-20-14-17-40(56-60)48(63)67-9)25-37(43)39(28-52(6,7)32-61)46(59)38-26-36(29-53-45(38)33(2)66-8)57-21-23-58(24-22-57)50(65)68-30-34-15-12-11-13-16-34/h11-13,15-16,18-19,25-26,29,31,33,40-41,56,61H,10,14,17,20-24,27-28,30,32H2,1-9H3,(H,55,64)/t33?,40-,41?/m0/s1. The van der Waals surface area contributed by atoms with Gasteiger partial charge in [0.05, 0.1) is 47.2 Å². The van der Waals surface area contributed by atoms with Gasteiger partial charge in [-0.2, -0.15) is 0 Å². The normalized spacial score (nSPS) is 16.5. The summed E-state index contributed by atoms with van der Waals surface area (Å²) in [7, 11) is 2.98. The molecule has 376 valence electrons. The van der Waals surface area contributed by atoms with Gasteiger partial charge in [0.15, 0.2) is 0 Å². The molecule has 18 heteroatoms. The topological polar surface area (TPSA) is 190 Å². The number of aromatic nitrogens is 3. The number of fused-ring (bicyclic) bond motifs is 1. The zero-order chi connectivity index (χ0) is 50.3. The van der Waals surface area contributed by atoms with Crippen LogP contribution in [-0.2, 0) is 54.5 Å². The molecule has 17 nitrogen and oxygen atoms in total. The van der Waals surface area contributed by atoms with Gasteiger partial charge in [0, 0.05) is 86.8 Å². The second-order valence-electron chi connectivity index (χ2n) is 19.7. The second-order valence-corrected chi connectivity index (χ2v) is 20.6. The third-order valence-electron chi connectivity index (χ3n) is 12.7. The van der Waals surface area contributed by atoms with E-state index in [9.17, 15) is 24.3 Å². The first-order chi connectivity index (χ1) is 33.4. The molecule has 2 fully saturated rings. The molecular formula is C52H68N8O9S. The molecule has 3 amide bonds. The van der Waals surface area contributed by atoms with Gasteiger partial charge in [0.2, 0.25) is 0 Å². The number of hydrogen-bond acceptors (Lipinski definition) is 14. The molecule has 5 heterocycles. The molecule has 2 aromatic carbocycles. The predicted octanol–water partition coefficient (Wildman–Crippen LogP) is 7.68. The third kappa shape index (κ3) is 12.3. The Morgan fingerprint density at radius 2 is 1.73 bits per heavy atom. The maximum absolute atomic E-state index is 14.1. The first-order valence-corrected chi connectivity index (χ1v) is 24.9. The van der Waals surface area contributed by atoms with E-state index in [-0.39, 0.29) is 31.8 Å². The van der Waals surface area contributed by atoms with Crippen molar-refractivity contribution in [2.75, 3.05) is 58.5 Å². The smallest absolute Gasteiger partial charge is 0.410 e. The van der Waals surface area contributed by atoms with Crippen molar-refractivity contribution >= 4 is 52.0 Å². The van der Waals surface area contributed by atoms with Gasteiger partial charge in [-0.25, -0.2) is 20.0 Å². The SMILES string of the molecule is CCn1c(-c2cc(N3CCN(C(=O)OCc4ccccc4)CC3)cnc2C(C)OC)c(CC(C)(C)CO)c2cc(-c3csc(CC(NC(=O)OC(C)(C)C)C(=O)N4CCC[C@@H](C(=O)OC)N4)n3)ccc21. The maximum atomic E-state index is 14.1. The van der Waals surface area contributed by atoms with Crippen LogP contribution >= 0.6 is 11.3 Å². The van der Waals surface area contributed by atoms with E-state index in [1.165, 1.54) is 23.5 Å². The molecule has 0 aliphatic carbocycles. The summed E-state index contributed by atoms with van der Waals surface area (Å²) in [5.41, 5.74) is 9.87. The Morgan fingerprint density at radius 1 is 0.986 bits per heavy atom. The molecule has 3 aromatic heterocycles. The summed E-state index contributed by atoms with van der Waals surface area (Å²) in [5.74, 6) is -0.898. The number of carbonyl (C=O) groups excluding carboxylic acids is 4. The highest BCUT2D eigenvalue weighted by Crippen LogP contribution is 2.43. The molecule has 7 rings (SSSR count). The number of aliphatic hydroxyl groups is 1. The van der Waals surface area contributed by atoms with Crippen molar-refractivity contribution in [3.05, 3.63) is 88.0 Å². The van der Waals surface area contributed by atoms with E-state index in [0.717, 1.165) is 50.2 Å². The van der Waals surface area contributed by atoms with Gasteiger partial charge < -0.3 is 43.7 Å². The van der Waals surface area contributed by atoms with E-state index < -0.39 is 41.1 Å². The highest BCUT2D eigenvalue weighted by Gasteiger charge is 2.35. The van der Waals surface area contributed by atoms with E-state index in [4.69, 9.17) is 28.9 Å². The van der Waals surface area contributed by atoms with Crippen LogP contribution in [0.1, 0.15) is 89.2 Å². The number of amides is 3. The molecule has 3 N–H and O–H groups in total. The number of esters is 1. The lowest BCUT2D eigenvalue weighted by Crippen LogP contribution is -2.60. The van der Waals surface area contributed by atoms with Gasteiger partial charge >= 0.3 is 18.2 Å². The van der Waals surface area contributed by atoms with Crippen LogP contribution in [0.15, 0.2) is 66.2 Å². The number of piperazine rings is 1. The molecule has 3 atom stereocenters. The molecule has 2 saturated heterocycles. The van der Waals surface area contributed by atoms with Gasteiger partial charge in [-0.15, -0.1) is 11.3 Å².